The van der Waals surface area contributed by atoms with Crippen molar-refractivity contribution in [1.82, 2.24) is 0 Å². The monoisotopic (exact) mass is 963 g/mol. The molecule has 0 amide bonds. The maximum Gasteiger partial charge on any atom is 0.306 e. The van der Waals surface area contributed by atoms with E-state index >= 15 is 0 Å². The van der Waals surface area contributed by atoms with Crippen molar-refractivity contribution in [2.24, 2.45) is 0 Å². The molecule has 6 nitrogen and oxygen atoms in total. The number of hydrogen-bond acceptors (Lipinski definition) is 6. The molecule has 0 fully saturated rings. The van der Waals surface area contributed by atoms with Gasteiger partial charge < -0.3 is 14.2 Å². The van der Waals surface area contributed by atoms with Crippen LogP contribution in [0.5, 0.6) is 0 Å². The quantitative estimate of drug-likeness (QED) is 0.0262. The second kappa shape index (κ2) is 57.4. The van der Waals surface area contributed by atoms with Gasteiger partial charge in [0.1, 0.15) is 13.2 Å². The Morgan fingerprint density at radius 1 is 0.304 bits per heavy atom. The van der Waals surface area contributed by atoms with Gasteiger partial charge in [-0.3, -0.25) is 14.4 Å². The first-order chi connectivity index (χ1) is 34.0. The van der Waals surface area contributed by atoms with Gasteiger partial charge in [0.15, 0.2) is 6.10 Å². The van der Waals surface area contributed by atoms with Crippen LogP contribution in [0.1, 0.15) is 290 Å². The largest absolute Gasteiger partial charge is 0.462 e. The van der Waals surface area contributed by atoms with Crippen LogP contribution in [-0.2, 0) is 28.6 Å². The number of ether oxygens (including phenoxy) is 3. The molecule has 0 aliphatic heterocycles. The maximum atomic E-state index is 12.8. The second-order valence-corrected chi connectivity index (χ2v) is 19.5. The predicted molar refractivity (Wildman–Crippen MR) is 298 cm³/mol. The van der Waals surface area contributed by atoms with Gasteiger partial charge in [-0.05, 0) is 89.9 Å². The number of carbonyl (C=O) groups excluding carboxylic acids is 3. The van der Waals surface area contributed by atoms with Crippen LogP contribution < -0.4 is 0 Å². The van der Waals surface area contributed by atoms with Crippen molar-refractivity contribution < 1.29 is 28.6 Å². The van der Waals surface area contributed by atoms with Gasteiger partial charge >= 0.3 is 17.9 Å². The third kappa shape index (κ3) is 55.6. The highest BCUT2D eigenvalue weighted by Crippen LogP contribution is 2.16. The lowest BCUT2D eigenvalue weighted by Gasteiger charge is -2.18. The summed E-state index contributed by atoms with van der Waals surface area (Å²) in [6, 6.07) is 0. The summed E-state index contributed by atoms with van der Waals surface area (Å²) in [5, 5.41) is 0. The molecular formula is C63H110O6. The first-order valence-electron chi connectivity index (χ1n) is 29.4. The minimum absolute atomic E-state index is 0.0790. The average molecular weight is 964 g/mol. The zero-order chi connectivity index (χ0) is 50.0. The summed E-state index contributed by atoms with van der Waals surface area (Å²) >= 11 is 0. The van der Waals surface area contributed by atoms with Crippen molar-refractivity contribution in [1.29, 1.82) is 0 Å². The van der Waals surface area contributed by atoms with E-state index in [1.54, 1.807) is 0 Å². The highest BCUT2D eigenvalue weighted by atomic mass is 16.6. The zero-order valence-electron chi connectivity index (χ0n) is 45.6. The number of esters is 3. The Balaban J connectivity index is 4.11. The van der Waals surface area contributed by atoms with E-state index in [2.05, 4.69) is 93.7 Å². The van der Waals surface area contributed by atoms with Crippen molar-refractivity contribution in [3.05, 3.63) is 72.9 Å². The molecule has 0 saturated heterocycles. The highest BCUT2D eigenvalue weighted by molar-refractivity contribution is 5.71. The van der Waals surface area contributed by atoms with Gasteiger partial charge in [0.25, 0.3) is 0 Å². The van der Waals surface area contributed by atoms with E-state index < -0.39 is 6.10 Å². The lowest BCUT2D eigenvalue weighted by molar-refractivity contribution is -0.167. The van der Waals surface area contributed by atoms with Crippen LogP contribution in [0, 0.1) is 0 Å². The van der Waals surface area contributed by atoms with Gasteiger partial charge in [-0.25, -0.2) is 0 Å². The predicted octanol–water partition coefficient (Wildman–Crippen LogP) is 19.8. The van der Waals surface area contributed by atoms with Crippen molar-refractivity contribution in [3.63, 3.8) is 0 Å². The average Bonchev–Trinajstić information content (AvgIpc) is 3.35. The molecular weight excluding hydrogens is 853 g/mol. The van der Waals surface area contributed by atoms with Crippen LogP contribution in [-0.4, -0.2) is 37.2 Å². The fraction of sp³-hybridized carbons (Fsp3) is 0.762. The smallest absolute Gasteiger partial charge is 0.306 e. The SMILES string of the molecule is CC/C=C\C/C=C\C/C=C\C/C=C\C/C=C\CCCCCCCCCC(=O)OCC(COC(=O)CCCCCCC)OC(=O)CCCCCCCCCCCCC/C=C\CCCCCCCCCC. The molecule has 6 heteroatoms. The van der Waals surface area contributed by atoms with Crippen LogP contribution >= 0.6 is 0 Å². The standard InChI is InChI=1S/C63H110O6/c1-4-7-10-13-15-17-19-21-23-25-27-29-31-33-35-37-39-41-43-45-47-50-53-56-62(65)68-59-60(58-67-61(64)55-52-49-12-9-6-3)69-63(66)57-54-51-48-46-44-42-40-38-36-34-32-30-28-26-24-22-20-18-16-14-11-8-5-2/h7,10,15,17,21,23,26-29,33,35,60H,4-6,8-9,11-14,16,18-20,22,24-25,30-32,34,36-59H2,1-3H3/b10-7-,17-15-,23-21-,28-26-,29-27-,35-33-. The molecule has 0 aromatic heterocycles. The van der Waals surface area contributed by atoms with E-state index in [9.17, 15) is 14.4 Å². The van der Waals surface area contributed by atoms with E-state index in [-0.39, 0.29) is 31.1 Å². The molecule has 0 aliphatic carbocycles. The minimum atomic E-state index is -0.777. The summed E-state index contributed by atoms with van der Waals surface area (Å²) < 4.78 is 16.7. The number of carbonyl (C=O) groups is 3. The van der Waals surface area contributed by atoms with Gasteiger partial charge in [-0.2, -0.15) is 0 Å². The van der Waals surface area contributed by atoms with E-state index in [0.29, 0.717) is 19.3 Å². The maximum absolute atomic E-state index is 12.8. The molecule has 69 heavy (non-hydrogen) atoms. The highest BCUT2D eigenvalue weighted by Gasteiger charge is 2.19. The summed E-state index contributed by atoms with van der Waals surface area (Å²) in [6.45, 7) is 6.45. The van der Waals surface area contributed by atoms with E-state index in [1.165, 1.54) is 148 Å². The molecule has 398 valence electrons. The lowest BCUT2D eigenvalue weighted by atomic mass is 10.0. The fourth-order valence-corrected chi connectivity index (χ4v) is 8.29. The first kappa shape index (κ1) is 65.8. The second-order valence-electron chi connectivity index (χ2n) is 19.5. The molecule has 1 unspecified atom stereocenters. The Labute approximate surface area is 427 Å². The number of allylic oxidation sites excluding steroid dienone is 12. The summed E-state index contributed by atoms with van der Waals surface area (Å²) in [5.74, 6) is -0.897. The molecule has 0 spiro atoms. The molecule has 0 rings (SSSR count). The molecule has 0 heterocycles. The van der Waals surface area contributed by atoms with Crippen LogP contribution in [0.3, 0.4) is 0 Å². The molecule has 1 atom stereocenters. The summed E-state index contributed by atoms with van der Waals surface area (Å²) in [7, 11) is 0. The van der Waals surface area contributed by atoms with Gasteiger partial charge in [-0.1, -0.05) is 254 Å². The number of rotatable bonds is 53. The zero-order valence-corrected chi connectivity index (χ0v) is 45.6. The van der Waals surface area contributed by atoms with Crippen LogP contribution in [0.2, 0.25) is 0 Å². The molecule has 0 N–H and O–H groups in total. The fourth-order valence-electron chi connectivity index (χ4n) is 8.29. The molecule has 0 aliphatic rings. The van der Waals surface area contributed by atoms with E-state index in [0.717, 1.165) is 103 Å². The lowest BCUT2D eigenvalue weighted by Crippen LogP contribution is -2.30. The van der Waals surface area contributed by atoms with Gasteiger partial charge in [0.2, 0.25) is 0 Å². The Hall–Kier alpha value is -3.15. The topological polar surface area (TPSA) is 78.9 Å². The Kier molecular flexibility index (Phi) is 54.8. The van der Waals surface area contributed by atoms with E-state index in [1.807, 2.05) is 0 Å². The summed E-state index contributed by atoms with van der Waals surface area (Å²) in [4.78, 5) is 37.8. The molecule has 0 aromatic rings. The van der Waals surface area contributed by atoms with Crippen LogP contribution in [0.15, 0.2) is 72.9 Å². The van der Waals surface area contributed by atoms with Crippen molar-refractivity contribution >= 4 is 17.9 Å². The van der Waals surface area contributed by atoms with Crippen molar-refractivity contribution in [2.45, 2.75) is 297 Å². The minimum Gasteiger partial charge on any atom is -0.462 e. The van der Waals surface area contributed by atoms with Crippen molar-refractivity contribution in [2.75, 3.05) is 13.2 Å². The summed E-state index contributed by atoms with van der Waals surface area (Å²) in [6.07, 6.45) is 73.7. The van der Waals surface area contributed by atoms with Crippen LogP contribution in [0.4, 0.5) is 0 Å². The number of hydrogen-bond donors (Lipinski definition) is 0. The third-order valence-electron chi connectivity index (χ3n) is 12.7. The normalized spacial score (nSPS) is 12.6. The molecule has 0 aromatic carbocycles. The Morgan fingerprint density at radius 2 is 0.565 bits per heavy atom. The van der Waals surface area contributed by atoms with Gasteiger partial charge in [0.05, 0.1) is 0 Å². The number of unbranched alkanes of at least 4 members (excludes halogenated alkanes) is 30. The molecule has 0 radical (unpaired) electrons. The molecule has 0 saturated carbocycles. The third-order valence-corrected chi connectivity index (χ3v) is 12.7. The summed E-state index contributed by atoms with van der Waals surface area (Å²) in [5.41, 5.74) is 0. The Morgan fingerprint density at radius 3 is 0.899 bits per heavy atom. The van der Waals surface area contributed by atoms with Crippen LogP contribution in [0.25, 0.3) is 0 Å². The molecule has 0 bridgehead atoms. The van der Waals surface area contributed by atoms with E-state index in [4.69, 9.17) is 14.2 Å². The van der Waals surface area contributed by atoms with Gasteiger partial charge in [0, 0.05) is 19.3 Å². The first-order valence-corrected chi connectivity index (χ1v) is 29.4. The van der Waals surface area contributed by atoms with Gasteiger partial charge in [-0.15, -0.1) is 0 Å². The van der Waals surface area contributed by atoms with Crippen molar-refractivity contribution in [3.8, 4) is 0 Å². The Bertz CT molecular complexity index is 1290.